The first kappa shape index (κ1) is 30.0. The van der Waals surface area contributed by atoms with Crippen LogP contribution in [0.5, 0.6) is 0 Å². The number of amides is 2. The summed E-state index contributed by atoms with van der Waals surface area (Å²) in [7, 11) is 0. The summed E-state index contributed by atoms with van der Waals surface area (Å²) >= 11 is 12.6. The molecule has 1 saturated carbocycles. The number of nitrogens with one attached hydrogen (secondary N) is 1. The highest BCUT2D eigenvalue weighted by molar-refractivity contribution is 6.47. The maximum atomic E-state index is 14.1. The van der Waals surface area contributed by atoms with Gasteiger partial charge in [-0.2, -0.15) is 0 Å². The van der Waals surface area contributed by atoms with Crippen LogP contribution in [0.2, 0.25) is 10.0 Å². The van der Waals surface area contributed by atoms with Gasteiger partial charge in [0.05, 0.1) is 6.04 Å². The Labute approximate surface area is 244 Å². The summed E-state index contributed by atoms with van der Waals surface area (Å²) in [5.74, 6) is -1.26. The van der Waals surface area contributed by atoms with E-state index >= 15 is 0 Å². The monoisotopic (exact) mass is 586 g/mol. The number of halogens is 2. The normalized spacial score (nSPS) is 22.7. The number of carboxylic acids is 1. The highest BCUT2D eigenvalue weighted by Crippen LogP contribution is 2.49. The number of benzene rings is 2. The fraction of sp³-hybridized carbons (Fsp3) is 0.467. The lowest BCUT2D eigenvalue weighted by Gasteiger charge is -2.46. The Morgan fingerprint density at radius 2 is 1.70 bits per heavy atom. The first-order valence-electron chi connectivity index (χ1n) is 13.5. The van der Waals surface area contributed by atoms with Crippen LogP contribution in [-0.2, 0) is 9.59 Å². The molecule has 0 bridgehead atoms. The maximum absolute atomic E-state index is 14.1. The molecule has 1 fully saturated rings. The lowest BCUT2D eigenvalue weighted by atomic mass is 9.69. The summed E-state index contributed by atoms with van der Waals surface area (Å²) in [6.07, 6.45) is 3.38. The first-order chi connectivity index (χ1) is 18.7. The van der Waals surface area contributed by atoms with E-state index in [4.69, 9.17) is 39.0 Å². The molecule has 0 aromatic heterocycles. The zero-order valence-electron chi connectivity index (χ0n) is 23.2. The fourth-order valence-electron chi connectivity index (χ4n) is 5.78. The Hall–Kier alpha value is -2.94. The van der Waals surface area contributed by atoms with Crippen molar-refractivity contribution in [2.24, 2.45) is 22.1 Å². The number of hydrogen-bond acceptors (Lipinski definition) is 5. The molecule has 4 rings (SSSR count). The van der Waals surface area contributed by atoms with Crippen molar-refractivity contribution in [1.82, 2.24) is 10.2 Å². The summed E-state index contributed by atoms with van der Waals surface area (Å²) in [5, 5.41) is 12.3. The van der Waals surface area contributed by atoms with Gasteiger partial charge in [-0.15, -0.1) is 0 Å². The summed E-state index contributed by atoms with van der Waals surface area (Å²) in [5.41, 5.74) is 7.13. The van der Waals surface area contributed by atoms with Gasteiger partial charge in [-0.3, -0.25) is 19.4 Å². The van der Waals surface area contributed by atoms with Crippen molar-refractivity contribution < 1.29 is 19.5 Å². The molecule has 1 heterocycles. The number of hydrogen-bond donors (Lipinski definition) is 3. The third-order valence-corrected chi connectivity index (χ3v) is 8.62. The molecule has 8 nitrogen and oxygen atoms in total. The van der Waals surface area contributed by atoms with E-state index in [2.05, 4.69) is 26.1 Å². The number of nitrogens with zero attached hydrogens (tertiary/aromatic N) is 2. The van der Waals surface area contributed by atoms with E-state index in [1.807, 2.05) is 24.0 Å². The van der Waals surface area contributed by atoms with E-state index in [9.17, 15) is 14.4 Å². The van der Waals surface area contributed by atoms with Crippen LogP contribution >= 0.6 is 23.2 Å². The molecule has 4 N–H and O–H groups in total. The summed E-state index contributed by atoms with van der Waals surface area (Å²) < 4.78 is 0. The van der Waals surface area contributed by atoms with Gasteiger partial charge in [0.2, 0.25) is 0 Å². The standard InChI is InChI=1S/C30H36Cl2N4O4/c1-17(18-5-7-19(8-6-18)26(37)34-16-24(33)28(39)40)36-27(38)25(20-13-22(31)15-23(32)14-20)35-30(36)11-9-21(10-12-30)29(2,3)4/h5-8,13-15,17,21,24H,9-12,16,33H2,1-4H3,(H,34,37)(H,39,40). The fourth-order valence-corrected chi connectivity index (χ4v) is 6.31. The Morgan fingerprint density at radius 3 is 2.23 bits per heavy atom. The Morgan fingerprint density at radius 1 is 1.12 bits per heavy atom. The third kappa shape index (κ3) is 6.19. The number of rotatable bonds is 7. The molecule has 0 radical (unpaired) electrons. The highest BCUT2D eigenvalue weighted by Gasteiger charge is 2.52. The summed E-state index contributed by atoms with van der Waals surface area (Å²) in [4.78, 5) is 44.5. The Kier molecular flexibility index (Phi) is 8.64. The van der Waals surface area contributed by atoms with Gasteiger partial charge in [0.1, 0.15) is 17.4 Å². The molecule has 2 aromatic rings. The zero-order chi connectivity index (χ0) is 29.4. The molecule has 2 aromatic carbocycles. The summed E-state index contributed by atoms with van der Waals surface area (Å²) in [6, 6.07) is 10.5. The molecule has 1 aliphatic carbocycles. The second kappa shape index (κ2) is 11.5. The molecule has 2 amide bonds. The van der Waals surface area contributed by atoms with E-state index in [1.165, 1.54) is 0 Å². The van der Waals surface area contributed by atoms with Crippen LogP contribution in [0.15, 0.2) is 47.5 Å². The predicted molar refractivity (Wildman–Crippen MR) is 157 cm³/mol. The Bertz CT molecular complexity index is 1310. The number of carbonyl (C=O) groups excluding carboxylic acids is 2. The summed E-state index contributed by atoms with van der Waals surface area (Å²) in [6.45, 7) is 8.56. The second-order valence-corrected chi connectivity index (χ2v) is 12.7. The van der Waals surface area contributed by atoms with Crippen molar-refractivity contribution >= 4 is 46.7 Å². The van der Waals surface area contributed by atoms with Gasteiger partial charge in [0, 0.05) is 27.7 Å². The van der Waals surface area contributed by atoms with Crippen molar-refractivity contribution in [2.45, 2.75) is 71.1 Å². The van der Waals surface area contributed by atoms with Crippen molar-refractivity contribution in [1.29, 1.82) is 0 Å². The largest absolute Gasteiger partial charge is 0.480 e. The van der Waals surface area contributed by atoms with Crippen molar-refractivity contribution in [2.75, 3.05) is 6.54 Å². The van der Waals surface area contributed by atoms with Crippen LogP contribution in [-0.4, -0.2) is 51.8 Å². The smallest absolute Gasteiger partial charge is 0.322 e. The van der Waals surface area contributed by atoms with Gasteiger partial charge in [0.15, 0.2) is 0 Å². The van der Waals surface area contributed by atoms with Gasteiger partial charge in [-0.1, -0.05) is 56.1 Å². The second-order valence-electron chi connectivity index (χ2n) is 11.9. The van der Waals surface area contributed by atoms with Crippen LogP contribution in [0.25, 0.3) is 0 Å². The minimum atomic E-state index is -1.19. The highest BCUT2D eigenvalue weighted by atomic mass is 35.5. The van der Waals surface area contributed by atoms with Gasteiger partial charge in [0.25, 0.3) is 11.8 Å². The molecule has 1 aliphatic heterocycles. The molecule has 10 heteroatoms. The topological polar surface area (TPSA) is 125 Å². The number of nitrogens with two attached hydrogens (primary N) is 1. The van der Waals surface area contributed by atoms with E-state index in [1.54, 1.807) is 30.3 Å². The molecule has 40 heavy (non-hydrogen) atoms. The number of aliphatic imine (C=N–C) groups is 1. The van der Waals surface area contributed by atoms with Gasteiger partial charge in [-0.25, -0.2) is 0 Å². The number of aliphatic carboxylic acids is 1. The predicted octanol–water partition coefficient (Wildman–Crippen LogP) is 5.46. The van der Waals surface area contributed by atoms with Gasteiger partial charge >= 0.3 is 5.97 Å². The molecular formula is C30H36Cl2N4O4. The first-order valence-corrected chi connectivity index (χ1v) is 14.2. The van der Waals surface area contributed by atoms with Crippen molar-refractivity contribution in [3.05, 3.63) is 69.2 Å². The molecule has 2 aliphatic rings. The van der Waals surface area contributed by atoms with E-state index in [-0.39, 0.29) is 23.9 Å². The minimum Gasteiger partial charge on any atom is -0.480 e. The quantitative estimate of drug-likeness (QED) is 0.397. The number of carboxylic acid groups (broad SMARTS) is 1. The molecular weight excluding hydrogens is 551 g/mol. The van der Waals surface area contributed by atoms with E-state index in [0.29, 0.717) is 32.8 Å². The average molecular weight is 588 g/mol. The molecule has 2 atom stereocenters. The maximum Gasteiger partial charge on any atom is 0.322 e. The van der Waals surface area contributed by atoms with Gasteiger partial charge in [-0.05, 0) is 79.8 Å². The van der Waals surface area contributed by atoms with Crippen molar-refractivity contribution in [3.63, 3.8) is 0 Å². The third-order valence-electron chi connectivity index (χ3n) is 8.18. The average Bonchev–Trinajstić information content (AvgIpc) is 3.16. The molecule has 1 spiro atoms. The van der Waals surface area contributed by atoms with E-state index < -0.39 is 23.6 Å². The zero-order valence-corrected chi connectivity index (χ0v) is 24.7. The number of carbonyl (C=O) groups is 3. The lowest BCUT2D eigenvalue weighted by Crippen LogP contribution is -2.50. The SMILES string of the molecule is CC(c1ccc(C(=O)NCC(N)C(=O)O)cc1)N1C(=O)C(c2cc(Cl)cc(Cl)c2)=NC12CCC(C(C)(C)C)CC2. The van der Waals surface area contributed by atoms with Crippen LogP contribution in [0.3, 0.4) is 0 Å². The lowest BCUT2D eigenvalue weighted by molar-refractivity contribution is -0.138. The minimum absolute atomic E-state index is 0.165. The van der Waals surface area contributed by atoms with Crippen molar-refractivity contribution in [3.8, 4) is 0 Å². The van der Waals surface area contributed by atoms with Crippen LogP contribution in [0, 0.1) is 11.3 Å². The molecule has 0 saturated heterocycles. The van der Waals surface area contributed by atoms with Crippen LogP contribution < -0.4 is 11.1 Å². The van der Waals surface area contributed by atoms with Crippen LogP contribution in [0.4, 0.5) is 0 Å². The molecule has 214 valence electrons. The van der Waals surface area contributed by atoms with Gasteiger partial charge < -0.3 is 21.1 Å². The van der Waals surface area contributed by atoms with E-state index in [0.717, 1.165) is 31.2 Å². The van der Waals surface area contributed by atoms with Crippen LogP contribution in [0.1, 0.15) is 80.9 Å². The Balaban J connectivity index is 1.62. The molecule has 2 unspecified atom stereocenters.